The van der Waals surface area contributed by atoms with Crippen molar-refractivity contribution in [3.8, 4) is 5.69 Å². The molecule has 1 aliphatic heterocycles. The molecule has 0 saturated carbocycles. The Morgan fingerprint density at radius 3 is 2.91 bits per heavy atom. The summed E-state index contributed by atoms with van der Waals surface area (Å²) in [5, 5.41) is 7.26. The number of hydrogen-bond donors (Lipinski definition) is 1. The lowest BCUT2D eigenvalue weighted by atomic mass is 10.1. The molecule has 6 nitrogen and oxygen atoms in total. The van der Waals surface area contributed by atoms with Crippen molar-refractivity contribution in [1.29, 1.82) is 0 Å². The van der Waals surface area contributed by atoms with Gasteiger partial charge in [0.15, 0.2) is 0 Å². The third-order valence-electron chi connectivity index (χ3n) is 4.26. The van der Waals surface area contributed by atoms with Crippen LogP contribution in [0.3, 0.4) is 0 Å². The van der Waals surface area contributed by atoms with Gasteiger partial charge in [-0.1, -0.05) is 31.9 Å². The minimum atomic E-state index is -0.0251. The zero-order valence-electron chi connectivity index (χ0n) is 13.7. The molecule has 1 N–H and O–H groups in total. The highest BCUT2D eigenvalue weighted by molar-refractivity contribution is 5.80. The fourth-order valence-corrected chi connectivity index (χ4v) is 3.07. The molecular weight excluding hydrogens is 290 g/mol. The smallest absolute Gasteiger partial charge is 0.235 e. The molecule has 0 radical (unpaired) electrons. The van der Waals surface area contributed by atoms with Gasteiger partial charge in [0.05, 0.1) is 12.2 Å². The molecule has 1 saturated heterocycles. The molecule has 0 unspecified atom stereocenters. The number of benzene rings is 1. The summed E-state index contributed by atoms with van der Waals surface area (Å²) in [5.74, 6) is 0.101. The molecule has 2 aromatic rings. The van der Waals surface area contributed by atoms with Gasteiger partial charge in [-0.3, -0.25) is 9.69 Å². The summed E-state index contributed by atoms with van der Waals surface area (Å²) >= 11 is 0. The van der Waals surface area contributed by atoms with Crippen LogP contribution in [0.2, 0.25) is 0 Å². The molecule has 3 rings (SSSR count). The van der Waals surface area contributed by atoms with Gasteiger partial charge in [-0.15, -0.1) is 0 Å². The fourth-order valence-electron chi connectivity index (χ4n) is 3.07. The Kier molecular flexibility index (Phi) is 4.71. The van der Waals surface area contributed by atoms with Gasteiger partial charge in [0.2, 0.25) is 5.91 Å². The Bertz CT molecular complexity index is 668. The first-order valence-corrected chi connectivity index (χ1v) is 8.18. The van der Waals surface area contributed by atoms with Gasteiger partial charge in [-0.2, -0.15) is 5.10 Å². The highest BCUT2D eigenvalue weighted by atomic mass is 16.2. The second kappa shape index (κ2) is 6.91. The van der Waals surface area contributed by atoms with E-state index in [0.717, 1.165) is 29.8 Å². The Hall–Kier alpha value is -2.21. The molecule has 1 fully saturated rings. The largest absolute Gasteiger partial charge is 0.335 e. The van der Waals surface area contributed by atoms with Crippen molar-refractivity contribution in [2.75, 3.05) is 13.1 Å². The van der Waals surface area contributed by atoms with Crippen molar-refractivity contribution >= 4 is 5.91 Å². The topological polar surface area (TPSA) is 63.1 Å². The van der Waals surface area contributed by atoms with E-state index in [9.17, 15) is 4.79 Å². The first kappa shape index (κ1) is 15.7. The molecule has 0 bridgehead atoms. The highest BCUT2D eigenvalue weighted by Crippen LogP contribution is 2.25. The second-order valence-corrected chi connectivity index (χ2v) is 6.03. The first-order valence-electron chi connectivity index (χ1n) is 8.18. The second-order valence-electron chi connectivity index (χ2n) is 6.03. The molecule has 1 aliphatic rings. The van der Waals surface area contributed by atoms with Gasteiger partial charge < -0.3 is 5.32 Å². The van der Waals surface area contributed by atoms with E-state index in [0.29, 0.717) is 6.54 Å². The lowest BCUT2D eigenvalue weighted by Gasteiger charge is -2.24. The van der Waals surface area contributed by atoms with Crippen LogP contribution in [-0.4, -0.2) is 38.7 Å². The van der Waals surface area contributed by atoms with Crippen molar-refractivity contribution < 1.29 is 4.79 Å². The average molecular weight is 313 g/mol. The van der Waals surface area contributed by atoms with Crippen molar-refractivity contribution in [1.82, 2.24) is 25.0 Å². The van der Waals surface area contributed by atoms with Crippen LogP contribution in [0.4, 0.5) is 0 Å². The third-order valence-corrected chi connectivity index (χ3v) is 4.26. The van der Waals surface area contributed by atoms with E-state index in [1.165, 1.54) is 19.2 Å². The van der Waals surface area contributed by atoms with Crippen LogP contribution in [0.15, 0.2) is 30.9 Å². The predicted molar refractivity (Wildman–Crippen MR) is 88.1 cm³/mol. The Labute approximate surface area is 136 Å². The van der Waals surface area contributed by atoms with Crippen molar-refractivity contribution in [2.45, 2.75) is 39.3 Å². The lowest BCUT2D eigenvalue weighted by molar-refractivity contribution is -0.118. The maximum atomic E-state index is 11.8. The summed E-state index contributed by atoms with van der Waals surface area (Å²) in [6, 6.07) is 6.22. The quantitative estimate of drug-likeness (QED) is 0.831. The van der Waals surface area contributed by atoms with E-state index in [2.05, 4.69) is 46.3 Å². The number of aryl methyl sites for hydroxylation is 1. The predicted octanol–water partition coefficient (Wildman–Crippen LogP) is 2.20. The number of carbonyl (C=O) groups excluding carboxylic acids is 1. The van der Waals surface area contributed by atoms with Crippen LogP contribution in [-0.2, 0) is 4.79 Å². The summed E-state index contributed by atoms with van der Waals surface area (Å²) in [4.78, 5) is 18.0. The van der Waals surface area contributed by atoms with E-state index in [1.54, 1.807) is 11.0 Å². The summed E-state index contributed by atoms with van der Waals surface area (Å²) in [6.07, 6.45) is 6.70. The van der Waals surface area contributed by atoms with Gasteiger partial charge in [-0.05, 0) is 30.5 Å². The van der Waals surface area contributed by atoms with Gasteiger partial charge in [0.1, 0.15) is 18.8 Å². The fraction of sp³-hybridized carbons (Fsp3) is 0.471. The standard InChI is InChI=1S/C17H23N5O/c1-3-4-5-8-21-10-16(23)20-17(21)14-6-7-15(13(2)9-14)22-12-18-11-19-22/h6-7,9,11-12,17H,3-5,8,10H2,1-2H3,(H,20,23)/t17-/m1/s1. The summed E-state index contributed by atoms with van der Waals surface area (Å²) in [5.41, 5.74) is 3.24. The van der Waals surface area contributed by atoms with Gasteiger partial charge in [0, 0.05) is 6.54 Å². The molecule has 1 aromatic heterocycles. The number of unbranched alkanes of at least 4 members (excludes halogenated alkanes) is 2. The number of rotatable bonds is 6. The lowest BCUT2D eigenvalue weighted by Crippen LogP contribution is -2.28. The zero-order valence-corrected chi connectivity index (χ0v) is 13.7. The molecule has 1 aromatic carbocycles. The summed E-state index contributed by atoms with van der Waals surface area (Å²) in [7, 11) is 0. The molecule has 1 atom stereocenters. The van der Waals surface area contributed by atoms with Crippen molar-refractivity contribution in [3.63, 3.8) is 0 Å². The van der Waals surface area contributed by atoms with Crippen LogP contribution in [0.1, 0.15) is 43.5 Å². The van der Waals surface area contributed by atoms with Crippen LogP contribution < -0.4 is 5.32 Å². The molecular formula is C17H23N5O. The summed E-state index contributed by atoms with van der Waals surface area (Å²) in [6.45, 7) is 5.68. The minimum Gasteiger partial charge on any atom is -0.335 e. The molecule has 23 heavy (non-hydrogen) atoms. The third kappa shape index (κ3) is 3.42. The number of amides is 1. The monoisotopic (exact) mass is 313 g/mol. The minimum absolute atomic E-state index is 0.0251. The Balaban J connectivity index is 1.79. The molecule has 0 aliphatic carbocycles. The normalized spacial score (nSPS) is 18.3. The maximum absolute atomic E-state index is 11.8. The highest BCUT2D eigenvalue weighted by Gasteiger charge is 2.30. The molecule has 1 amide bonds. The molecule has 6 heteroatoms. The SMILES string of the molecule is CCCCCN1CC(=O)N[C@H]1c1ccc(-n2cncn2)c(C)c1. The molecule has 2 heterocycles. The maximum Gasteiger partial charge on any atom is 0.235 e. The summed E-state index contributed by atoms with van der Waals surface area (Å²) < 4.78 is 1.76. The number of hydrogen-bond acceptors (Lipinski definition) is 4. The number of carbonyl (C=O) groups is 1. The van der Waals surface area contributed by atoms with E-state index in [-0.39, 0.29) is 12.1 Å². The molecule has 0 spiro atoms. The van der Waals surface area contributed by atoms with Gasteiger partial charge in [-0.25, -0.2) is 9.67 Å². The Morgan fingerprint density at radius 2 is 2.22 bits per heavy atom. The van der Waals surface area contributed by atoms with E-state index >= 15 is 0 Å². The molecule has 122 valence electrons. The first-order chi connectivity index (χ1) is 11.2. The van der Waals surface area contributed by atoms with E-state index in [4.69, 9.17) is 0 Å². The van der Waals surface area contributed by atoms with E-state index in [1.807, 2.05) is 6.07 Å². The van der Waals surface area contributed by atoms with Gasteiger partial charge in [0.25, 0.3) is 0 Å². The average Bonchev–Trinajstić information content (AvgIpc) is 3.17. The van der Waals surface area contributed by atoms with Crippen LogP contribution >= 0.6 is 0 Å². The van der Waals surface area contributed by atoms with Crippen LogP contribution in [0.25, 0.3) is 5.69 Å². The van der Waals surface area contributed by atoms with Crippen molar-refractivity contribution in [3.05, 3.63) is 42.0 Å². The zero-order chi connectivity index (χ0) is 16.2. The van der Waals surface area contributed by atoms with Crippen molar-refractivity contribution in [2.24, 2.45) is 0 Å². The van der Waals surface area contributed by atoms with Gasteiger partial charge >= 0.3 is 0 Å². The van der Waals surface area contributed by atoms with Crippen LogP contribution in [0.5, 0.6) is 0 Å². The van der Waals surface area contributed by atoms with Crippen LogP contribution in [0, 0.1) is 6.92 Å². The number of nitrogens with zero attached hydrogens (tertiary/aromatic N) is 4. The number of aromatic nitrogens is 3. The van der Waals surface area contributed by atoms with E-state index < -0.39 is 0 Å². The Morgan fingerprint density at radius 1 is 1.35 bits per heavy atom. The number of nitrogens with one attached hydrogen (secondary N) is 1.